The van der Waals surface area contributed by atoms with E-state index in [1.165, 1.54) is 6.07 Å². The fraction of sp³-hybridized carbons (Fsp3) is 0.407. The molecular formula is C27H32N4O6S. The molecule has 1 aliphatic heterocycles. The van der Waals surface area contributed by atoms with Crippen LogP contribution in [0.2, 0.25) is 0 Å². The number of furan rings is 1. The van der Waals surface area contributed by atoms with Crippen molar-refractivity contribution in [1.82, 2.24) is 19.9 Å². The molecule has 2 N–H and O–H groups in total. The number of rotatable bonds is 8. The zero-order valence-electron chi connectivity index (χ0n) is 21.6. The molecule has 0 saturated carbocycles. The highest BCUT2D eigenvalue weighted by molar-refractivity contribution is 7.89. The van der Waals surface area contributed by atoms with Gasteiger partial charge in [0.15, 0.2) is 16.6 Å². The monoisotopic (exact) mass is 540 g/mol. The van der Waals surface area contributed by atoms with Gasteiger partial charge in [-0.05, 0) is 56.4 Å². The molecule has 2 atom stereocenters. The molecule has 0 spiro atoms. The van der Waals surface area contributed by atoms with E-state index in [-0.39, 0.29) is 36.2 Å². The summed E-state index contributed by atoms with van der Waals surface area (Å²) in [5.41, 5.74) is 1.12. The number of amides is 2. The minimum absolute atomic E-state index is 0.0778. The van der Waals surface area contributed by atoms with E-state index in [9.17, 15) is 22.8 Å². The number of carbonyl (C=O) groups is 3. The average Bonchev–Trinajstić information content (AvgIpc) is 3.22. The molecule has 2 aromatic heterocycles. The van der Waals surface area contributed by atoms with Gasteiger partial charge in [-0.3, -0.25) is 14.4 Å². The van der Waals surface area contributed by atoms with Gasteiger partial charge in [0, 0.05) is 17.6 Å². The Hall–Kier alpha value is -3.57. The van der Waals surface area contributed by atoms with Crippen molar-refractivity contribution in [3.8, 4) is 0 Å². The first-order valence-corrected chi connectivity index (χ1v) is 14.0. The summed E-state index contributed by atoms with van der Waals surface area (Å²) >= 11 is 0. The molecule has 38 heavy (non-hydrogen) atoms. The fourth-order valence-electron chi connectivity index (χ4n) is 4.45. The van der Waals surface area contributed by atoms with Gasteiger partial charge < -0.3 is 15.1 Å². The SMILES string of the molecule is Cc1cccc(S(=O)(=O)N2CCC[C@H](NC(=O)C(CC(C)C)NC(=O)c3cc4ccccc4o3)C(=O)C2)n1. The summed E-state index contributed by atoms with van der Waals surface area (Å²) in [6.45, 7) is 5.30. The Morgan fingerprint density at radius 3 is 2.63 bits per heavy atom. The number of benzene rings is 1. The number of nitrogens with one attached hydrogen (secondary N) is 2. The first-order valence-electron chi connectivity index (χ1n) is 12.6. The third-order valence-electron chi connectivity index (χ3n) is 6.38. The summed E-state index contributed by atoms with van der Waals surface area (Å²) in [5, 5.41) is 6.14. The number of fused-ring (bicyclic) bond motifs is 1. The standard InChI is InChI=1S/C27H32N4O6S/c1-17(2)14-21(30-27(34)24-15-19-9-4-5-11-23(19)37-24)26(33)29-20-10-7-13-31(16-22(20)32)38(35,36)25-12-6-8-18(3)28-25/h4-6,8-9,11-12,15,17,20-21H,7,10,13-14,16H2,1-3H3,(H,29,33)(H,30,34)/t20-,21?/m0/s1. The second-order valence-corrected chi connectivity index (χ2v) is 11.8. The van der Waals surface area contributed by atoms with Crippen molar-refractivity contribution >= 4 is 38.6 Å². The number of Topliss-reactive ketones (excluding diaryl/α,β-unsaturated/α-hetero) is 1. The van der Waals surface area contributed by atoms with Gasteiger partial charge in [0.25, 0.3) is 15.9 Å². The van der Waals surface area contributed by atoms with Gasteiger partial charge in [-0.1, -0.05) is 38.1 Å². The van der Waals surface area contributed by atoms with E-state index < -0.39 is 39.7 Å². The number of aromatic nitrogens is 1. The van der Waals surface area contributed by atoms with Crippen molar-refractivity contribution in [2.24, 2.45) is 5.92 Å². The molecule has 202 valence electrons. The van der Waals surface area contributed by atoms with Crippen LogP contribution in [0.4, 0.5) is 0 Å². The molecule has 0 radical (unpaired) electrons. The van der Waals surface area contributed by atoms with E-state index in [1.807, 2.05) is 26.0 Å². The lowest BCUT2D eigenvalue weighted by Gasteiger charge is -2.23. The van der Waals surface area contributed by atoms with Crippen LogP contribution in [0.25, 0.3) is 11.0 Å². The molecule has 10 nitrogen and oxygen atoms in total. The van der Waals surface area contributed by atoms with E-state index >= 15 is 0 Å². The quantitative estimate of drug-likeness (QED) is 0.448. The van der Waals surface area contributed by atoms with Crippen LogP contribution in [0, 0.1) is 12.8 Å². The largest absolute Gasteiger partial charge is 0.451 e. The highest BCUT2D eigenvalue weighted by Crippen LogP contribution is 2.20. The smallest absolute Gasteiger partial charge is 0.287 e. The van der Waals surface area contributed by atoms with E-state index in [2.05, 4.69) is 15.6 Å². The van der Waals surface area contributed by atoms with Gasteiger partial charge in [-0.25, -0.2) is 13.4 Å². The van der Waals surface area contributed by atoms with E-state index in [1.54, 1.807) is 37.3 Å². The summed E-state index contributed by atoms with van der Waals surface area (Å²) in [6, 6.07) is 11.8. The normalized spacial score (nSPS) is 17.8. The lowest BCUT2D eigenvalue weighted by Crippen LogP contribution is -2.52. The van der Waals surface area contributed by atoms with Crippen LogP contribution in [0.3, 0.4) is 0 Å². The zero-order chi connectivity index (χ0) is 27.4. The van der Waals surface area contributed by atoms with Gasteiger partial charge in [0.2, 0.25) is 5.91 Å². The van der Waals surface area contributed by atoms with Crippen molar-refractivity contribution in [2.75, 3.05) is 13.1 Å². The van der Waals surface area contributed by atoms with Crippen molar-refractivity contribution in [2.45, 2.75) is 57.1 Å². The predicted molar refractivity (Wildman–Crippen MR) is 141 cm³/mol. The van der Waals surface area contributed by atoms with Crippen molar-refractivity contribution in [3.63, 3.8) is 0 Å². The molecule has 0 aliphatic carbocycles. The Morgan fingerprint density at radius 1 is 1.16 bits per heavy atom. The molecule has 0 bridgehead atoms. The number of para-hydroxylation sites is 1. The summed E-state index contributed by atoms with van der Waals surface area (Å²) in [5.74, 6) is -1.29. The molecule has 1 fully saturated rings. The maximum Gasteiger partial charge on any atom is 0.287 e. The number of aryl methyl sites for hydroxylation is 1. The Bertz CT molecular complexity index is 1420. The molecule has 3 heterocycles. The lowest BCUT2D eigenvalue weighted by molar-refractivity contribution is -0.129. The molecule has 1 saturated heterocycles. The van der Waals surface area contributed by atoms with Gasteiger partial charge >= 0.3 is 0 Å². The third kappa shape index (κ3) is 6.28. The average molecular weight is 541 g/mol. The molecule has 4 rings (SSSR count). The van der Waals surface area contributed by atoms with Crippen LogP contribution in [0.5, 0.6) is 0 Å². The van der Waals surface area contributed by atoms with Crippen LogP contribution in [-0.4, -0.2) is 60.5 Å². The predicted octanol–water partition coefficient (Wildman–Crippen LogP) is 2.82. The Kier molecular flexibility index (Phi) is 8.27. The fourth-order valence-corrected chi connectivity index (χ4v) is 5.89. The second-order valence-electron chi connectivity index (χ2n) is 9.93. The Morgan fingerprint density at radius 2 is 1.92 bits per heavy atom. The van der Waals surface area contributed by atoms with Gasteiger partial charge in [-0.2, -0.15) is 4.31 Å². The van der Waals surface area contributed by atoms with Crippen LogP contribution in [0.15, 0.2) is 58.0 Å². The summed E-state index contributed by atoms with van der Waals surface area (Å²) in [4.78, 5) is 43.3. The summed E-state index contributed by atoms with van der Waals surface area (Å²) < 4.78 is 32.9. The number of sulfonamides is 1. The minimum Gasteiger partial charge on any atom is -0.451 e. The van der Waals surface area contributed by atoms with Crippen molar-refractivity contribution in [3.05, 3.63) is 60.0 Å². The van der Waals surface area contributed by atoms with Crippen LogP contribution < -0.4 is 10.6 Å². The number of hydrogen-bond donors (Lipinski definition) is 2. The van der Waals surface area contributed by atoms with Crippen LogP contribution in [-0.2, 0) is 19.6 Å². The third-order valence-corrected chi connectivity index (χ3v) is 8.13. The first-order chi connectivity index (χ1) is 18.0. The number of hydrogen-bond acceptors (Lipinski definition) is 7. The molecule has 1 unspecified atom stereocenters. The van der Waals surface area contributed by atoms with E-state index in [0.29, 0.717) is 24.1 Å². The highest BCUT2D eigenvalue weighted by atomic mass is 32.2. The molecule has 2 amide bonds. The number of ketones is 1. The summed E-state index contributed by atoms with van der Waals surface area (Å²) in [6.07, 6.45) is 1.00. The Labute approximate surface area is 221 Å². The summed E-state index contributed by atoms with van der Waals surface area (Å²) in [7, 11) is -3.96. The molecular weight excluding hydrogens is 508 g/mol. The highest BCUT2D eigenvalue weighted by Gasteiger charge is 2.35. The second kappa shape index (κ2) is 11.4. The topological polar surface area (TPSA) is 139 Å². The molecule has 11 heteroatoms. The Balaban J connectivity index is 1.44. The molecule has 1 aromatic carbocycles. The van der Waals surface area contributed by atoms with Crippen molar-refractivity contribution in [1.29, 1.82) is 0 Å². The van der Waals surface area contributed by atoms with Gasteiger partial charge in [0.1, 0.15) is 11.6 Å². The zero-order valence-corrected chi connectivity index (χ0v) is 22.5. The van der Waals surface area contributed by atoms with Gasteiger partial charge in [-0.15, -0.1) is 0 Å². The van der Waals surface area contributed by atoms with Crippen molar-refractivity contribution < 1.29 is 27.2 Å². The number of carbonyl (C=O) groups excluding carboxylic acids is 3. The van der Waals surface area contributed by atoms with Gasteiger partial charge in [0.05, 0.1) is 12.6 Å². The molecule has 3 aromatic rings. The van der Waals surface area contributed by atoms with Crippen LogP contribution in [0.1, 0.15) is 49.4 Å². The number of nitrogens with zero attached hydrogens (tertiary/aromatic N) is 2. The first kappa shape index (κ1) is 27.5. The maximum atomic E-state index is 13.2. The van der Waals surface area contributed by atoms with Crippen LogP contribution >= 0.6 is 0 Å². The van der Waals surface area contributed by atoms with E-state index in [0.717, 1.165) is 9.69 Å². The number of pyridine rings is 1. The van der Waals surface area contributed by atoms with E-state index in [4.69, 9.17) is 4.42 Å². The lowest BCUT2D eigenvalue weighted by atomic mass is 10.0. The maximum absolute atomic E-state index is 13.2. The minimum atomic E-state index is -3.96. The molecule has 1 aliphatic rings.